The van der Waals surface area contributed by atoms with Crippen molar-refractivity contribution in [2.75, 3.05) is 4.72 Å². The highest BCUT2D eigenvalue weighted by atomic mass is 32.2. The second-order valence-corrected chi connectivity index (χ2v) is 5.54. The van der Waals surface area contributed by atoms with Crippen LogP contribution in [0.3, 0.4) is 0 Å². The highest BCUT2D eigenvalue weighted by molar-refractivity contribution is 7.86. The lowest BCUT2D eigenvalue weighted by atomic mass is 10.2. The lowest BCUT2D eigenvalue weighted by molar-refractivity contribution is 0.686. The van der Waals surface area contributed by atoms with Gasteiger partial charge >= 0.3 is 0 Å². The third-order valence-corrected chi connectivity index (χ3v) is 4.23. The number of benzene rings is 1. The van der Waals surface area contributed by atoms with Gasteiger partial charge in [-0.3, -0.25) is 4.72 Å². The van der Waals surface area contributed by atoms with Gasteiger partial charge in [-0.25, -0.2) is 9.19 Å². The molecule has 2 N–H and O–H groups in total. The first-order valence-electron chi connectivity index (χ1n) is 4.98. The van der Waals surface area contributed by atoms with Crippen molar-refractivity contribution in [2.45, 2.75) is 4.90 Å². The lowest BCUT2D eigenvalue weighted by Crippen LogP contribution is -2.03. The van der Waals surface area contributed by atoms with Crippen LogP contribution < -0.4 is 4.72 Å². The molecule has 3 rings (SSSR count). The van der Waals surface area contributed by atoms with Crippen LogP contribution in [0.5, 0.6) is 0 Å². The summed E-state index contributed by atoms with van der Waals surface area (Å²) in [6.07, 6.45) is 3.55. The number of fused-ring (bicyclic) bond motifs is 1. The van der Waals surface area contributed by atoms with E-state index in [0.29, 0.717) is 5.13 Å². The Morgan fingerprint density at radius 1 is 1.35 bits per heavy atom. The summed E-state index contributed by atoms with van der Waals surface area (Å²) in [4.78, 5) is 7.89. The summed E-state index contributed by atoms with van der Waals surface area (Å²) < 4.78 is 14.9. The largest absolute Gasteiger partial charge is 0.361 e. The van der Waals surface area contributed by atoms with E-state index in [1.165, 1.54) is 11.3 Å². The number of H-pyrrole nitrogens is 1. The van der Waals surface area contributed by atoms with E-state index in [1.54, 1.807) is 6.20 Å². The molecule has 2 aromatic heterocycles. The Labute approximate surface area is 104 Å². The summed E-state index contributed by atoms with van der Waals surface area (Å²) in [6.45, 7) is 0. The van der Waals surface area contributed by atoms with E-state index in [0.717, 1.165) is 15.8 Å². The van der Waals surface area contributed by atoms with Crippen molar-refractivity contribution in [1.82, 2.24) is 9.97 Å². The fourth-order valence-electron chi connectivity index (χ4n) is 1.56. The number of rotatable bonds is 3. The van der Waals surface area contributed by atoms with Crippen molar-refractivity contribution >= 4 is 38.4 Å². The molecule has 0 saturated heterocycles. The van der Waals surface area contributed by atoms with Crippen LogP contribution in [0.2, 0.25) is 0 Å². The predicted octanol–water partition coefficient (Wildman–Crippen LogP) is 2.76. The van der Waals surface area contributed by atoms with Crippen molar-refractivity contribution in [3.05, 3.63) is 42.0 Å². The number of hydrogen-bond donors (Lipinski definition) is 2. The van der Waals surface area contributed by atoms with Gasteiger partial charge in [0.05, 0.1) is 4.90 Å². The third-order valence-electron chi connectivity index (χ3n) is 2.35. The van der Waals surface area contributed by atoms with E-state index in [1.807, 2.05) is 35.8 Å². The van der Waals surface area contributed by atoms with Gasteiger partial charge < -0.3 is 4.98 Å². The molecule has 0 spiro atoms. The molecule has 0 aliphatic rings. The van der Waals surface area contributed by atoms with Gasteiger partial charge in [0.25, 0.3) is 0 Å². The van der Waals surface area contributed by atoms with Crippen LogP contribution in [0.15, 0.2) is 46.9 Å². The second-order valence-electron chi connectivity index (χ2n) is 3.43. The zero-order valence-corrected chi connectivity index (χ0v) is 10.3. The van der Waals surface area contributed by atoms with Gasteiger partial charge in [0.1, 0.15) is 0 Å². The molecule has 2 heterocycles. The van der Waals surface area contributed by atoms with Gasteiger partial charge in [0, 0.05) is 28.7 Å². The summed E-state index contributed by atoms with van der Waals surface area (Å²) >= 11 is 1.43. The molecule has 4 nitrogen and oxygen atoms in total. The first-order chi connectivity index (χ1) is 8.33. The highest BCUT2D eigenvalue weighted by Crippen LogP contribution is 2.19. The maximum absolute atomic E-state index is 12.0. The zero-order chi connectivity index (χ0) is 11.7. The monoisotopic (exact) mass is 263 g/mol. The Bertz CT molecular complexity index is 660. The molecule has 86 valence electrons. The summed E-state index contributed by atoms with van der Waals surface area (Å²) in [6, 6.07) is 7.63. The molecule has 0 amide bonds. The number of aromatic nitrogens is 2. The SMILES string of the molecule is O=S(Nc1nccs1)c1ccc2[nH]ccc2c1. The standard InChI is InChI=1S/C11H9N3OS2/c15-17(14-11-13-5-6-16-11)9-1-2-10-8(7-9)3-4-12-10/h1-7,12H,(H,13,14). The Hall–Kier alpha value is -1.66. The molecule has 0 radical (unpaired) electrons. The van der Waals surface area contributed by atoms with E-state index < -0.39 is 11.0 Å². The van der Waals surface area contributed by atoms with E-state index in [-0.39, 0.29) is 0 Å². The predicted molar refractivity (Wildman–Crippen MR) is 70.4 cm³/mol. The normalized spacial score (nSPS) is 12.7. The molecule has 17 heavy (non-hydrogen) atoms. The summed E-state index contributed by atoms with van der Waals surface area (Å²) in [5.41, 5.74) is 1.04. The first kappa shape index (κ1) is 10.5. The van der Waals surface area contributed by atoms with Gasteiger partial charge in [0.15, 0.2) is 16.1 Å². The van der Waals surface area contributed by atoms with Crippen molar-refractivity contribution in [2.24, 2.45) is 0 Å². The van der Waals surface area contributed by atoms with Crippen molar-refractivity contribution in [1.29, 1.82) is 0 Å². The van der Waals surface area contributed by atoms with Crippen LogP contribution in [-0.2, 0) is 11.0 Å². The van der Waals surface area contributed by atoms with E-state index in [4.69, 9.17) is 0 Å². The van der Waals surface area contributed by atoms with Crippen LogP contribution >= 0.6 is 11.3 Å². The molecule has 1 unspecified atom stereocenters. The second kappa shape index (κ2) is 4.31. The zero-order valence-electron chi connectivity index (χ0n) is 8.71. The van der Waals surface area contributed by atoms with Crippen molar-refractivity contribution in [3.63, 3.8) is 0 Å². The molecular formula is C11H9N3OS2. The molecule has 0 bridgehead atoms. The Morgan fingerprint density at radius 2 is 2.29 bits per heavy atom. The Kier molecular flexibility index (Phi) is 2.66. The van der Waals surface area contributed by atoms with Gasteiger partial charge in [-0.2, -0.15) is 0 Å². The molecule has 0 saturated carbocycles. The molecule has 0 fully saturated rings. The van der Waals surface area contributed by atoms with Crippen molar-refractivity contribution < 1.29 is 4.21 Å². The molecular weight excluding hydrogens is 254 g/mol. The molecule has 1 atom stereocenters. The summed E-state index contributed by atoms with van der Waals surface area (Å²) in [7, 11) is -1.27. The average molecular weight is 263 g/mol. The van der Waals surface area contributed by atoms with E-state index >= 15 is 0 Å². The minimum Gasteiger partial charge on any atom is -0.361 e. The van der Waals surface area contributed by atoms with Gasteiger partial charge in [-0.15, -0.1) is 11.3 Å². The quantitative estimate of drug-likeness (QED) is 0.763. The van der Waals surface area contributed by atoms with Gasteiger partial charge in [-0.05, 0) is 24.3 Å². The van der Waals surface area contributed by atoms with Crippen LogP contribution in [0.1, 0.15) is 0 Å². The van der Waals surface area contributed by atoms with Gasteiger partial charge in [0.2, 0.25) is 0 Å². The summed E-state index contributed by atoms with van der Waals surface area (Å²) in [5, 5.41) is 3.56. The molecule has 1 aromatic carbocycles. The van der Waals surface area contributed by atoms with Crippen LogP contribution in [-0.4, -0.2) is 14.2 Å². The summed E-state index contributed by atoms with van der Waals surface area (Å²) in [5.74, 6) is 0. The maximum Gasteiger partial charge on any atom is 0.194 e. The first-order valence-corrected chi connectivity index (χ1v) is 7.01. The smallest absolute Gasteiger partial charge is 0.194 e. The van der Waals surface area contributed by atoms with Crippen LogP contribution in [0, 0.1) is 0 Å². The van der Waals surface area contributed by atoms with Gasteiger partial charge in [-0.1, -0.05) is 0 Å². The number of nitrogens with one attached hydrogen (secondary N) is 2. The maximum atomic E-state index is 12.0. The van der Waals surface area contributed by atoms with E-state index in [2.05, 4.69) is 14.7 Å². The lowest BCUT2D eigenvalue weighted by Gasteiger charge is -2.02. The van der Waals surface area contributed by atoms with Crippen LogP contribution in [0.25, 0.3) is 10.9 Å². The number of nitrogens with zero attached hydrogens (tertiary/aromatic N) is 1. The van der Waals surface area contributed by atoms with E-state index in [9.17, 15) is 4.21 Å². The Morgan fingerprint density at radius 3 is 3.12 bits per heavy atom. The highest BCUT2D eigenvalue weighted by Gasteiger charge is 2.06. The number of hydrogen-bond acceptors (Lipinski definition) is 3. The molecule has 3 aromatic rings. The number of thiazole rings is 1. The number of aromatic amines is 1. The van der Waals surface area contributed by atoms with Crippen LogP contribution in [0.4, 0.5) is 5.13 Å². The number of anilines is 1. The third kappa shape index (κ3) is 2.09. The molecule has 0 aliphatic heterocycles. The van der Waals surface area contributed by atoms with Crippen molar-refractivity contribution in [3.8, 4) is 0 Å². The fraction of sp³-hybridized carbons (Fsp3) is 0. The average Bonchev–Trinajstić information content (AvgIpc) is 2.97. The molecule has 0 aliphatic carbocycles. The topological polar surface area (TPSA) is 57.8 Å². The molecule has 6 heteroatoms. The Balaban J connectivity index is 1.90. The minimum absolute atomic E-state index is 0.664. The minimum atomic E-state index is -1.27. The fourth-order valence-corrected chi connectivity index (χ4v) is 3.11.